The molecule has 1 aliphatic rings. The number of rotatable bonds is 6. The van der Waals surface area contributed by atoms with Crippen molar-refractivity contribution in [3.05, 3.63) is 95.1 Å². The Kier molecular flexibility index (Phi) is 8.71. The van der Waals surface area contributed by atoms with Crippen molar-refractivity contribution in [1.82, 2.24) is 4.90 Å². The minimum atomic E-state index is -0.915. The zero-order valence-electron chi connectivity index (χ0n) is 24.5. The lowest BCUT2D eigenvalue weighted by Gasteiger charge is -2.37. The van der Waals surface area contributed by atoms with Gasteiger partial charge < -0.3 is 19.5 Å². The van der Waals surface area contributed by atoms with E-state index in [9.17, 15) is 14.4 Å². The average molecular weight is 559 g/mol. The van der Waals surface area contributed by atoms with Crippen molar-refractivity contribution < 1.29 is 28.6 Å². The number of benzene rings is 3. The van der Waals surface area contributed by atoms with E-state index >= 15 is 0 Å². The Morgan fingerprint density at radius 1 is 0.854 bits per heavy atom. The topological polar surface area (TPSA) is 94.2 Å². The lowest BCUT2D eigenvalue weighted by molar-refractivity contribution is -0.122. The van der Waals surface area contributed by atoms with Crippen LogP contribution in [0.2, 0.25) is 0 Å². The third-order valence-electron chi connectivity index (χ3n) is 6.25. The van der Waals surface area contributed by atoms with E-state index in [0.29, 0.717) is 42.1 Å². The van der Waals surface area contributed by atoms with Gasteiger partial charge in [0.1, 0.15) is 29.6 Å². The summed E-state index contributed by atoms with van der Waals surface area (Å²) in [5.41, 5.74) is 2.21. The second kappa shape index (κ2) is 12.0. The van der Waals surface area contributed by atoms with Gasteiger partial charge in [-0.3, -0.25) is 9.69 Å². The van der Waals surface area contributed by atoms with Crippen molar-refractivity contribution in [2.24, 2.45) is 0 Å². The van der Waals surface area contributed by atoms with E-state index < -0.39 is 29.3 Å². The Morgan fingerprint density at radius 3 is 2.15 bits per heavy atom. The average Bonchev–Trinajstić information content (AvgIpc) is 2.90. The summed E-state index contributed by atoms with van der Waals surface area (Å²) in [6, 6.07) is 21.0. The molecule has 0 aromatic heterocycles. The van der Waals surface area contributed by atoms with Gasteiger partial charge in [0.25, 0.3) is 5.91 Å². The van der Waals surface area contributed by atoms with E-state index in [2.05, 4.69) is 5.32 Å². The lowest BCUT2D eigenvalue weighted by Crippen LogP contribution is -2.47. The quantitative estimate of drug-likeness (QED) is 0.339. The Labute approximate surface area is 241 Å². The number of ether oxygens (including phenoxy) is 3. The predicted molar refractivity (Wildman–Crippen MR) is 157 cm³/mol. The van der Waals surface area contributed by atoms with Crippen LogP contribution in [0.5, 0.6) is 5.75 Å². The molecule has 0 unspecified atom stereocenters. The molecule has 1 N–H and O–H groups in total. The fourth-order valence-electron chi connectivity index (χ4n) is 4.47. The minimum Gasteiger partial charge on any atom is -0.489 e. The first-order valence-electron chi connectivity index (χ1n) is 13.7. The van der Waals surface area contributed by atoms with E-state index in [4.69, 9.17) is 14.2 Å². The molecule has 0 saturated carbocycles. The molecule has 3 aromatic carbocycles. The summed E-state index contributed by atoms with van der Waals surface area (Å²) in [7, 11) is 0. The molecule has 41 heavy (non-hydrogen) atoms. The molecule has 4 rings (SSSR count). The number of hydrogen-bond donors (Lipinski definition) is 1. The number of amides is 2. The van der Waals surface area contributed by atoms with Gasteiger partial charge in [0.2, 0.25) is 0 Å². The highest BCUT2D eigenvalue weighted by Gasteiger charge is 2.38. The van der Waals surface area contributed by atoms with Gasteiger partial charge >= 0.3 is 12.1 Å². The highest BCUT2D eigenvalue weighted by molar-refractivity contribution is 5.98. The molecule has 3 aromatic rings. The van der Waals surface area contributed by atoms with E-state index in [1.165, 1.54) is 4.90 Å². The first-order chi connectivity index (χ1) is 19.3. The van der Waals surface area contributed by atoms with Gasteiger partial charge in [0.15, 0.2) is 0 Å². The molecule has 0 fully saturated rings. The van der Waals surface area contributed by atoms with Crippen molar-refractivity contribution in [3.63, 3.8) is 0 Å². The highest BCUT2D eigenvalue weighted by atomic mass is 16.6. The number of esters is 1. The van der Waals surface area contributed by atoms with Gasteiger partial charge in [-0.2, -0.15) is 0 Å². The molecule has 216 valence electrons. The summed E-state index contributed by atoms with van der Waals surface area (Å²) in [6.45, 7) is 11.5. The molecule has 8 heteroatoms. The molecule has 1 aliphatic heterocycles. The van der Waals surface area contributed by atoms with Crippen LogP contribution in [0.15, 0.2) is 72.8 Å². The first-order valence-corrected chi connectivity index (χ1v) is 13.7. The maximum atomic E-state index is 13.7. The monoisotopic (exact) mass is 558 g/mol. The second-order valence-corrected chi connectivity index (χ2v) is 12.0. The molecule has 0 radical (unpaired) electrons. The second-order valence-electron chi connectivity index (χ2n) is 12.0. The van der Waals surface area contributed by atoms with Crippen LogP contribution in [0.3, 0.4) is 0 Å². The van der Waals surface area contributed by atoms with Crippen LogP contribution in [-0.2, 0) is 27.3 Å². The molecular weight excluding hydrogens is 520 g/mol. The van der Waals surface area contributed by atoms with E-state index in [1.54, 1.807) is 65.8 Å². The Balaban J connectivity index is 1.56. The lowest BCUT2D eigenvalue weighted by atomic mass is 9.92. The first kappa shape index (κ1) is 29.6. The van der Waals surface area contributed by atoms with Crippen LogP contribution in [0.25, 0.3) is 0 Å². The highest BCUT2D eigenvalue weighted by Crippen LogP contribution is 2.34. The summed E-state index contributed by atoms with van der Waals surface area (Å²) < 4.78 is 17.1. The van der Waals surface area contributed by atoms with Gasteiger partial charge in [-0.25, -0.2) is 9.59 Å². The Hall–Kier alpha value is -4.33. The smallest absolute Gasteiger partial charge is 0.411 e. The van der Waals surface area contributed by atoms with Crippen LogP contribution in [-0.4, -0.2) is 40.6 Å². The molecular formula is C33H38N2O6. The van der Waals surface area contributed by atoms with Crippen LogP contribution in [0.1, 0.15) is 74.6 Å². The molecule has 0 spiro atoms. The summed E-state index contributed by atoms with van der Waals surface area (Å²) in [5.74, 6) is -0.145. The van der Waals surface area contributed by atoms with E-state index in [0.717, 1.165) is 11.1 Å². The van der Waals surface area contributed by atoms with Gasteiger partial charge in [-0.15, -0.1) is 0 Å². The van der Waals surface area contributed by atoms with Gasteiger partial charge in [0, 0.05) is 12.2 Å². The fraction of sp³-hybridized carbons (Fsp3) is 0.364. The Bertz CT molecular complexity index is 1390. The number of carbonyl (C=O) groups excluding carboxylic acids is 3. The van der Waals surface area contributed by atoms with Gasteiger partial charge in [0.05, 0.1) is 5.56 Å². The fourth-order valence-corrected chi connectivity index (χ4v) is 4.47. The number of anilines is 1. The molecule has 8 nitrogen and oxygen atoms in total. The summed E-state index contributed by atoms with van der Waals surface area (Å²) in [5, 5.41) is 2.90. The zero-order chi connectivity index (χ0) is 29.8. The van der Waals surface area contributed by atoms with Crippen LogP contribution < -0.4 is 10.1 Å². The number of nitrogens with one attached hydrogen (secondary N) is 1. The number of fused-ring (bicyclic) bond motifs is 1. The molecule has 2 amide bonds. The molecule has 0 saturated heterocycles. The van der Waals surface area contributed by atoms with Crippen molar-refractivity contribution in [2.75, 3.05) is 11.9 Å². The summed E-state index contributed by atoms with van der Waals surface area (Å²) >= 11 is 0. The maximum Gasteiger partial charge on any atom is 0.411 e. The minimum absolute atomic E-state index is 0.305. The van der Waals surface area contributed by atoms with Gasteiger partial charge in [-0.05, 0) is 101 Å². The van der Waals surface area contributed by atoms with Crippen molar-refractivity contribution in [2.45, 2.75) is 71.8 Å². The normalized spacial score (nSPS) is 15.0. The SMILES string of the molecule is CC(C)(C)OC(=O)c1ccc(NC(=O)[C@@H]2c3ccc(OCc4ccccc4)cc3CCN2C(=O)OC(C)(C)C)cc1. The third-order valence-corrected chi connectivity index (χ3v) is 6.25. The standard InChI is InChI=1S/C33H38N2O6/c1-32(2,3)40-30(37)23-12-14-25(15-13-23)34-29(36)28-27-17-16-26(39-21-22-10-8-7-9-11-22)20-24(27)18-19-35(28)31(38)41-33(4,5)6/h7-17,20,28H,18-19,21H2,1-6H3,(H,34,36)/t28-/m0/s1. The molecule has 0 aliphatic carbocycles. The van der Waals surface area contributed by atoms with Crippen LogP contribution in [0.4, 0.5) is 10.5 Å². The van der Waals surface area contributed by atoms with E-state index in [1.807, 2.05) is 48.5 Å². The van der Waals surface area contributed by atoms with Crippen molar-refractivity contribution >= 4 is 23.7 Å². The Morgan fingerprint density at radius 2 is 1.51 bits per heavy atom. The predicted octanol–water partition coefficient (Wildman–Crippen LogP) is 6.69. The van der Waals surface area contributed by atoms with Crippen LogP contribution >= 0.6 is 0 Å². The number of hydrogen-bond acceptors (Lipinski definition) is 6. The maximum absolute atomic E-state index is 13.7. The van der Waals surface area contributed by atoms with Crippen LogP contribution in [0, 0.1) is 0 Å². The molecule has 0 bridgehead atoms. The summed E-state index contributed by atoms with van der Waals surface area (Å²) in [4.78, 5) is 40.8. The van der Waals surface area contributed by atoms with Gasteiger partial charge in [-0.1, -0.05) is 36.4 Å². The zero-order valence-corrected chi connectivity index (χ0v) is 24.5. The number of carbonyl (C=O) groups is 3. The van der Waals surface area contributed by atoms with Crippen molar-refractivity contribution in [1.29, 1.82) is 0 Å². The van der Waals surface area contributed by atoms with E-state index in [-0.39, 0.29) is 5.91 Å². The summed E-state index contributed by atoms with van der Waals surface area (Å²) in [6.07, 6.45) is -0.0150. The molecule has 1 heterocycles. The third kappa shape index (κ3) is 8.10. The van der Waals surface area contributed by atoms with Crippen molar-refractivity contribution in [3.8, 4) is 5.75 Å². The number of nitrogens with zero attached hydrogens (tertiary/aromatic N) is 1. The molecule has 1 atom stereocenters. The largest absolute Gasteiger partial charge is 0.489 e.